The quantitative estimate of drug-likeness (QED) is 0.801. The molecule has 2 atom stereocenters. The van der Waals surface area contributed by atoms with E-state index in [-0.39, 0.29) is 30.8 Å². The molecule has 2 N–H and O–H groups in total. The molecule has 0 heterocycles. The number of hydrogen-bond donors (Lipinski definition) is 2. The molecule has 5 heteroatoms. The lowest BCUT2D eigenvalue weighted by Crippen LogP contribution is -2.36. The molecule has 2 amide bonds. The van der Waals surface area contributed by atoms with Crippen molar-refractivity contribution in [2.45, 2.75) is 38.6 Å². The molecule has 5 nitrogen and oxygen atoms in total. The molecule has 21 heavy (non-hydrogen) atoms. The third-order valence-corrected chi connectivity index (χ3v) is 3.20. The third-order valence-electron chi connectivity index (χ3n) is 3.20. The van der Waals surface area contributed by atoms with Gasteiger partial charge in [0.15, 0.2) is 0 Å². The van der Waals surface area contributed by atoms with Crippen LogP contribution in [0.3, 0.4) is 0 Å². The van der Waals surface area contributed by atoms with Gasteiger partial charge in [0.2, 0.25) is 11.8 Å². The third kappa shape index (κ3) is 5.65. The number of nitriles is 1. The maximum atomic E-state index is 12.0. The second-order valence-electron chi connectivity index (χ2n) is 4.89. The van der Waals surface area contributed by atoms with Crippen LogP contribution in [0, 0.1) is 11.3 Å². The highest BCUT2D eigenvalue weighted by molar-refractivity contribution is 5.86. The van der Waals surface area contributed by atoms with Crippen LogP contribution in [0.15, 0.2) is 30.3 Å². The van der Waals surface area contributed by atoms with Crippen LogP contribution in [-0.4, -0.2) is 24.4 Å². The number of hydrogen-bond acceptors (Lipinski definition) is 3. The Morgan fingerprint density at radius 1 is 1.29 bits per heavy atom. The molecule has 0 spiro atoms. The molecule has 1 aromatic carbocycles. The van der Waals surface area contributed by atoms with E-state index >= 15 is 0 Å². The summed E-state index contributed by atoms with van der Waals surface area (Å²) in [5, 5.41) is 14.6. The lowest BCUT2D eigenvalue weighted by molar-refractivity contribution is -0.122. The molecular weight excluding hydrogens is 266 g/mol. The van der Waals surface area contributed by atoms with E-state index in [1.807, 2.05) is 26.0 Å². The number of nitrogens with zero attached hydrogens (tertiary/aromatic N) is 1. The highest BCUT2D eigenvalue weighted by atomic mass is 16.2. The van der Waals surface area contributed by atoms with Crippen LogP contribution in [0.5, 0.6) is 0 Å². The fraction of sp³-hybridized carbons (Fsp3) is 0.438. The van der Waals surface area contributed by atoms with Gasteiger partial charge in [-0.3, -0.25) is 9.59 Å². The molecule has 0 aliphatic rings. The average Bonchev–Trinajstić information content (AvgIpc) is 2.49. The molecule has 0 aliphatic carbocycles. The summed E-state index contributed by atoms with van der Waals surface area (Å²) in [6.07, 6.45) is 1.08. The topological polar surface area (TPSA) is 82.0 Å². The summed E-state index contributed by atoms with van der Waals surface area (Å²) in [7, 11) is 0. The van der Waals surface area contributed by atoms with Gasteiger partial charge >= 0.3 is 0 Å². The molecule has 0 radical (unpaired) electrons. The molecule has 0 saturated carbocycles. The Balaban J connectivity index is 2.43. The smallest absolute Gasteiger partial charge is 0.241 e. The van der Waals surface area contributed by atoms with Gasteiger partial charge in [-0.1, -0.05) is 37.3 Å². The summed E-state index contributed by atoms with van der Waals surface area (Å²) in [6.45, 7) is 4.15. The fourth-order valence-corrected chi connectivity index (χ4v) is 1.78. The summed E-state index contributed by atoms with van der Waals surface area (Å²) >= 11 is 0. The highest BCUT2D eigenvalue weighted by Crippen LogP contribution is 2.14. The van der Waals surface area contributed by atoms with E-state index < -0.39 is 5.92 Å². The van der Waals surface area contributed by atoms with Crippen molar-refractivity contribution >= 4 is 11.8 Å². The van der Waals surface area contributed by atoms with E-state index in [0.717, 1.165) is 6.42 Å². The van der Waals surface area contributed by atoms with Crippen LogP contribution >= 0.6 is 0 Å². The minimum absolute atomic E-state index is 0.0992. The first-order valence-electron chi connectivity index (χ1n) is 7.10. The summed E-state index contributed by atoms with van der Waals surface area (Å²) in [5.41, 5.74) is 0.654. The van der Waals surface area contributed by atoms with Crippen molar-refractivity contribution in [1.29, 1.82) is 5.26 Å². The molecule has 1 aromatic rings. The van der Waals surface area contributed by atoms with Crippen LogP contribution in [0.2, 0.25) is 0 Å². The minimum atomic E-state index is -0.844. The largest absolute Gasteiger partial charge is 0.354 e. The maximum absolute atomic E-state index is 12.0. The first-order valence-corrected chi connectivity index (χ1v) is 7.10. The van der Waals surface area contributed by atoms with Gasteiger partial charge in [0.05, 0.1) is 6.07 Å². The van der Waals surface area contributed by atoms with Crippen molar-refractivity contribution in [3.8, 4) is 6.07 Å². The van der Waals surface area contributed by atoms with Gasteiger partial charge in [-0.05, 0) is 18.9 Å². The molecule has 112 valence electrons. The lowest BCUT2D eigenvalue weighted by atomic mass is 10.00. The average molecular weight is 287 g/mol. The Bertz CT molecular complexity index is 508. The number of carbonyl (C=O) groups is 2. The SMILES string of the molecule is CCC(C)NC(=O)CCNC(=O)C(C#N)c1ccccc1. The zero-order valence-corrected chi connectivity index (χ0v) is 12.4. The van der Waals surface area contributed by atoms with E-state index in [4.69, 9.17) is 5.26 Å². The molecule has 0 aliphatic heterocycles. The van der Waals surface area contributed by atoms with Crippen molar-refractivity contribution in [2.24, 2.45) is 0 Å². The number of carbonyl (C=O) groups excluding carboxylic acids is 2. The number of amides is 2. The molecular formula is C16H21N3O2. The fourth-order valence-electron chi connectivity index (χ4n) is 1.78. The lowest BCUT2D eigenvalue weighted by Gasteiger charge is -2.13. The van der Waals surface area contributed by atoms with E-state index in [1.54, 1.807) is 24.3 Å². The number of benzene rings is 1. The van der Waals surface area contributed by atoms with Gasteiger partial charge in [0.1, 0.15) is 5.92 Å². The second kappa shape index (κ2) is 8.75. The van der Waals surface area contributed by atoms with Crippen LogP contribution in [-0.2, 0) is 9.59 Å². The van der Waals surface area contributed by atoms with Gasteiger partial charge in [-0.15, -0.1) is 0 Å². The van der Waals surface area contributed by atoms with Gasteiger partial charge < -0.3 is 10.6 Å². The summed E-state index contributed by atoms with van der Waals surface area (Å²) < 4.78 is 0. The standard InChI is InChI=1S/C16H21N3O2/c1-3-12(2)19-15(20)9-10-18-16(21)14(11-17)13-7-5-4-6-8-13/h4-8,12,14H,3,9-10H2,1-2H3,(H,18,21)(H,19,20). The Labute approximate surface area is 125 Å². The van der Waals surface area contributed by atoms with Crippen molar-refractivity contribution in [3.05, 3.63) is 35.9 Å². The summed E-state index contributed by atoms with van der Waals surface area (Å²) in [6, 6.07) is 11.0. The summed E-state index contributed by atoms with van der Waals surface area (Å²) in [4.78, 5) is 23.5. The van der Waals surface area contributed by atoms with Crippen LogP contribution in [0.25, 0.3) is 0 Å². The maximum Gasteiger partial charge on any atom is 0.241 e. The molecule has 0 saturated heterocycles. The van der Waals surface area contributed by atoms with E-state index in [1.165, 1.54) is 0 Å². The van der Waals surface area contributed by atoms with Gasteiger partial charge in [0, 0.05) is 19.0 Å². The van der Waals surface area contributed by atoms with Crippen LogP contribution in [0.1, 0.15) is 38.2 Å². The molecule has 0 fully saturated rings. The number of rotatable bonds is 7. The van der Waals surface area contributed by atoms with Crippen molar-refractivity contribution in [3.63, 3.8) is 0 Å². The highest BCUT2D eigenvalue weighted by Gasteiger charge is 2.19. The Hall–Kier alpha value is -2.35. The number of nitrogens with one attached hydrogen (secondary N) is 2. The monoisotopic (exact) mass is 287 g/mol. The Kier molecular flexibility index (Phi) is 6.96. The van der Waals surface area contributed by atoms with Crippen molar-refractivity contribution in [2.75, 3.05) is 6.54 Å². The minimum Gasteiger partial charge on any atom is -0.354 e. The van der Waals surface area contributed by atoms with E-state index in [2.05, 4.69) is 10.6 Å². The summed E-state index contributed by atoms with van der Waals surface area (Å²) in [5.74, 6) is -1.32. The first kappa shape index (κ1) is 16.7. The molecule has 0 aromatic heterocycles. The first-order chi connectivity index (χ1) is 10.1. The van der Waals surface area contributed by atoms with Gasteiger partial charge in [-0.2, -0.15) is 5.26 Å². The van der Waals surface area contributed by atoms with Crippen LogP contribution in [0.4, 0.5) is 0 Å². The van der Waals surface area contributed by atoms with Gasteiger partial charge in [0.25, 0.3) is 0 Å². The zero-order chi connectivity index (χ0) is 15.7. The van der Waals surface area contributed by atoms with Crippen molar-refractivity contribution in [1.82, 2.24) is 10.6 Å². The Morgan fingerprint density at radius 3 is 2.52 bits per heavy atom. The molecule has 2 unspecified atom stereocenters. The van der Waals surface area contributed by atoms with E-state index in [9.17, 15) is 9.59 Å². The zero-order valence-electron chi connectivity index (χ0n) is 12.4. The second-order valence-corrected chi connectivity index (χ2v) is 4.89. The predicted molar refractivity (Wildman–Crippen MR) is 80.3 cm³/mol. The van der Waals surface area contributed by atoms with Crippen LogP contribution < -0.4 is 10.6 Å². The van der Waals surface area contributed by atoms with E-state index in [0.29, 0.717) is 5.56 Å². The molecule has 0 bridgehead atoms. The predicted octanol–water partition coefficient (Wildman–Crippen LogP) is 1.71. The van der Waals surface area contributed by atoms with Crippen molar-refractivity contribution < 1.29 is 9.59 Å². The normalized spacial score (nSPS) is 12.8. The van der Waals surface area contributed by atoms with Gasteiger partial charge in [-0.25, -0.2) is 0 Å². The Morgan fingerprint density at radius 2 is 1.95 bits per heavy atom. The molecule has 1 rings (SSSR count).